The van der Waals surface area contributed by atoms with Crippen LogP contribution >= 0.6 is 12.2 Å². The summed E-state index contributed by atoms with van der Waals surface area (Å²) in [5.41, 5.74) is 5.62. The van der Waals surface area contributed by atoms with Crippen LogP contribution in [0.2, 0.25) is 0 Å². The van der Waals surface area contributed by atoms with Gasteiger partial charge in [0.15, 0.2) is 0 Å². The van der Waals surface area contributed by atoms with Crippen molar-refractivity contribution in [2.45, 2.75) is 52.4 Å². The van der Waals surface area contributed by atoms with Gasteiger partial charge in [0.05, 0.1) is 10.4 Å². The van der Waals surface area contributed by atoms with E-state index in [-0.39, 0.29) is 5.91 Å². The van der Waals surface area contributed by atoms with Gasteiger partial charge in [0, 0.05) is 6.54 Å². The minimum atomic E-state index is -0.545. The Labute approximate surface area is 115 Å². The summed E-state index contributed by atoms with van der Waals surface area (Å²) < 4.78 is 0. The van der Waals surface area contributed by atoms with Crippen LogP contribution < -0.4 is 11.1 Å². The number of rotatable bonds is 6. The van der Waals surface area contributed by atoms with Crippen molar-refractivity contribution in [1.82, 2.24) is 5.32 Å². The van der Waals surface area contributed by atoms with Gasteiger partial charge in [-0.15, -0.1) is 0 Å². The number of nitrogens with one attached hydrogen (secondary N) is 1. The predicted molar refractivity (Wildman–Crippen MR) is 77.2 cm³/mol. The highest BCUT2D eigenvalue weighted by Gasteiger charge is 2.51. The molecule has 0 saturated heterocycles. The maximum Gasteiger partial charge on any atom is 0.233 e. The zero-order valence-corrected chi connectivity index (χ0v) is 12.2. The molecule has 0 aromatic rings. The first-order valence-electron chi connectivity index (χ1n) is 7.02. The summed E-state index contributed by atoms with van der Waals surface area (Å²) in [6, 6.07) is 0. The van der Waals surface area contributed by atoms with Gasteiger partial charge in [0.25, 0.3) is 0 Å². The minimum absolute atomic E-state index is 0.0653. The van der Waals surface area contributed by atoms with E-state index >= 15 is 0 Å². The molecule has 0 unspecified atom stereocenters. The molecule has 3 N–H and O–H groups in total. The van der Waals surface area contributed by atoms with Gasteiger partial charge in [-0.25, -0.2) is 0 Å². The first-order chi connectivity index (χ1) is 8.44. The third-order valence-electron chi connectivity index (χ3n) is 4.66. The van der Waals surface area contributed by atoms with Crippen molar-refractivity contribution in [2.75, 3.05) is 6.54 Å². The molecule has 0 aromatic carbocycles. The molecular formula is C14H24N2OS. The topological polar surface area (TPSA) is 55.1 Å². The Morgan fingerprint density at radius 2 is 2.06 bits per heavy atom. The van der Waals surface area contributed by atoms with E-state index in [2.05, 4.69) is 19.2 Å². The Morgan fingerprint density at radius 1 is 1.44 bits per heavy atom. The molecular weight excluding hydrogens is 244 g/mol. The Kier molecular flexibility index (Phi) is 3.67. The molecule has 2 rings (SSSR count). The highest BCUT2D eigenvalue weighted by Crippen LogP contribution is 2.50. The largest absolute Gasteiger partial charge is 0.392 e. The van der Waals surface area contributed by atoms with Crippen molar-refractivity contribution in [1.29, 1.82) is 0 Å². The molecule has 0 heterocycles. The average molecular weight is 268 g/mol. The van der Waals surface area contributed by atoms with Crippen molar-refractivity contribution >= 4 is 23.1 Å². The molecule has 0 spiro atoms. The summed E-state index contributed by atoms with van der Waals surface area (Å²) in [6.45, 7) is 5.15. The number of carbonyl (C=O) groups excluding carboxylic acids is 1. The van der Waals surface area contributed by atoms with Crippen molar-refractivity contribution in [2.24, 2.45) is 22.5 Å². The van der Waals surface area contributed by atoms with Crippen LogP contribution in [0.15, 0.2) is 0 Å². The van der Waals surface area contributed by atoms with Crippen LogP contribution in [0.5, 0.6) is 0 Å². The first-order valence-corrected chi connectivity index (χ1v) is 7.43. The number of carbonyl (C=O) groups is 1. The fraction of sp³-hybridized carbons (Fsp3) is 0.857. The van der Waals surface area contributed by atoms with E-state index < -0.39 is 5.41 Å². The second kappa shape index (κ2) is 4.80. The summed E-state index contributed by atoms with van der Waals surface area (Å²) in [5, 5.41) is 3.11. The van der Waals surface area contributed by atoms with Crippen LogP contribution in [0.3, 0.4) is 0 Å². The lowest BCUT2D eigenvalue weighted by Gasteiger charge is -2.44. The molecule has 1 amide bonds. The Bertz CT molecular complexity index is 357. The van der Waals surface area contributed by atoms with E-state index in [1.165, 1.54) is 25.7 Å². The number of hydrogen-bond acceptors (Lipinski definition) is 2. The zero-order valence-electron chi connectivity index (χ0n) is 11.4. The number of hydrogen-bond donors (Lipinski definition) is 2. The summed E-state index contributed by atoms with van der Waals surface area (Å²) in [6.07, 6.45) is 6.52. The van der Waals surface area contributed by atoms with Crippen LogP contribution in [0.4, 0.5) is 0 Å². The molecule has 0 atom stereocenters. The number of amides is 1. The van der Waals surface area contributed by atoms with E-state index in [1.54, 1.807) is 0 Å². The molecule has 2 saturated carbocycles. The third kappa shape index (κ3) is 2.40. The Balaban J connectivity index is 1.89. The van der Waals surface area contributed by atoms with Crippen LogP contribution in [-0.4, -0.2) is 17.4 Å². The van der Waals surface area contributed by atoms with Gasteiger partial charge < -0.3 is 11.1 Å². The van der Waals surface area contributed by atoms with Gasteiger partial charge in [0.2, 0.25) is 5.91 Å². The van der Waals surface area contributed by atoms with Crippen LogP contribution in [0.1, 0.15) is 52.4 Å². The quantitative estimate of drug-likeness (QED) is 0.727. The van der Waals surface area contributed by atoms with E-state index in [4.69, 9.17) is 18.0 Å². The van der Waals surface area contributed by atoms with E-state index in [0.717, 1.165) is 19.4 Å². The molecule has 3 nitrogen and oxygen atoms in total. The second-order valence-electron chi connectivity index (χ2n) is 6.39. The summed E-state index contributed by atoms with van der Waals surface area (Å²) in [4.78, 5) is 12.7. The predicted octanol–water partition coefficient (Wildman–Crippen LogP) is 2.39. The highest BCUT2D eigenvalue weighted by molar-refractivity contribution is 7.80. The fourth-order valence-electron chi connectivity index (χ4n) is 3.29. The highest BCUT2D eigenvalue weighted by atomic mass is 32.1. The Hall–Kier alpha value is -0.640. The number of nitrogens with two attached hydrogens (primary N) is 1. The lowest BCUT2D eigenvalue weighted by Crippen LogP contribution is -2.56. The van der Waals surface area contributed by atoms with Gasteiger partial charge >= 0.3 is 0 Å². The molecule has 102 valence electrons. The van der Waals surface area contributed by atoms with Gasteiger partial charge in [-0.05, 0) is 43.4 Å². The monoisotopic (exact) mass is 268 g/mol. The minimum Gasteiger partial charge on any atom is -0.392 e. The van der Waals surface area contributed by atoms with Crippen molar-refractivity contribution in [3.63, 3.8) is 0 Å². The van der Waals surface area contributed by atoms with Gasteiger partial charge in [-0.2, -0.15) is 0 Å². The summed E-state index contributed by atoms with van der Waals surface area (Å²) in [5.74, 6) is 0.623. The maximum atomic E-state index is 12.3. The normalized spacial score (nSPS) is 32.4. The molecule has 2 aliphatic rings. The molecule has 0 aliphatic heterocycles. The van der Waals surface area contributed by atoms with Crippen LogP contribution in [0.25, 0.3) is 0 Å². The first kappa shape index (κ1) is 13.8. The lowest BCUT2D eigenvalue weighted by molar-refractivity contribution is -0.133. The molecule has 2 aliphatic carbocycles. The average Bonchev–Trinajstić information content (AvgIpc) is 3.02. The zero-order chi connectivity index (χ0) is 13.4. The van der Waals surface area contributed by atoms with Gasteiger partial charge in [-0.3, -0.25) is 4.79 Å². The standard InChI is InChI=1S/C14H24N2OS/c1-3-4-13(5-6-13)9-16-12(17)14(11(15)18)7-10(2)8-14/h10H,3-9H2,1-2H3,(H2,15,18)(H,16,17). The molecule has 2 fully saturated rings. The van der Waals surface area contributed by atoms with Crippen molar-refractivity contribution < 1.29 is 4.79 Å². The molecule has 0 aromatic heterocycles. The third-order valence-corrected chi connectivity index (χ3v) is 5.05. The van der Waals surface area contributed by atoms with Crippen LogP contribution in [0, 0.1) is 16.7 Å². The molecule has 0 radical (unpaired) electrons. The number of thiocarbonyl (C=S) groups is 1. The van der Waals surface area contributed by atoms with Crippen molar-refractivity contribution in [3.8, 4) is 0 Å². The SMILES string of the molecule is CCCC1(CNC(=O)C2(C(N)=S)CC(C)C2)CC1. The van der Waals surface area contributed by atoms with E-state index in [9.17, 15) is 4.79 Å². The van der Waals surface area contributed by atoms with E-state index in [0.29, 0.717) is 16.3 Å². The summed E-state index contributed by atoms with van der Waals surface area (Å²) >= 11 is 5.10. The summed E-state index contributed by atoms with van der Waals surface area (Å²) in [7, 11) is 0. The smallest absolute Gasteiger partial charge is 0.233 e. The maximum absolute atomic E-state index is 12.3. The van der Waals surface area contributed by atoms with Crippen LogP contribution in [-0.2, 0) is 4.79 Å². The van der Waals surface area contributed by atoms with Crippen molar-refractivity contribution in [3.05, 3.63) is 0 Å². The van der Waals surface area contributed by atoms with Gasteiger partial charge in [-0.1, -0.05) is 32.5 Å². The lowest BCUT2D eigenvalue weighted by atomic mass is 9.62. The second-order valence-corrected chi connectivity index (χ2v) is 6.83. The molecule has 0 bridgehead atoms. The molecule has 4 heteroatoms. The Morgan fingerprint density at radius 3 is 2.44 bits per heavy atom. The van der Waals surface area contributed by atoms with E-state index in [1.807, 2.05) is 0 Å². The van der Waals surface area contributed by atoms with Gasteiger partial charge in [0.1, 0.15) is 0 Å². The fourth-order valence-corrected chi connectivity index (χ4v) is 3.55. The molecule has 18 heavy (non-hydrogen) atoms.